The van der Waals surface area contributed by atoms with E-state index in [4.69, 9.17) is 15.0 Å². The van der Waals surface area contributed by atoms with Crippen LogP contribution in [0.25, 0.3) is 6.08 Å². The van der Waals surface area contributed by atoms with E-state index in [1.165, 1.54) is 6.20 Å². The summed E-state index contributed by atoms with van der Waals surface area (Å²) in [6, 6.07) is 3.36. The predicted molar refractivity (Wildman–Crippen MR) is 84.3 cm³/mol. The lowest BCUT2D eigenvalue weighted by atomic mass is 9.77. The molecule has 2 rings (SSSR count). The maximum Gasteiger partial charge on any atom is 0.491 e. The molecule has 0 bridgehead atoms. The van der Waals surface area contributed by atoms with Crippen LogP contribution >= 0.6 is 0 Å². The number of carboxylic acids is 1. The van der Waals surface area contributed by atoms with E-state index in [1.54, 1.807) is 18.2 Å². The van der Waals surface area contributed by atoms with Crippen LogP contribution in [-0.4, -0.2) is 40.9 Å². The molecule has 0 spiro atoms. The second kappa shape index (κ2) is 5.83. The highest BCUT2D eigenvalue weighted by molar-refractivity contribution is 6.56. The molecule has 1 fully saturated rings. The van der Waals surface area contributed by atoms with E-state index in [9.17, 15) is 9.90 Å². The minimum atomic E-state index is -1.09. The van der Waals surface area contributed by atoms with Gasteiger partial charge in [0, 0.05) is 18.3 Å². The number of nitrogens with two attached hydrogens (primary N) is 1. The summed E-state index contributed by atoms with van der Waals surface area (Å²) in [5.41, 5.74) is 5.99. The number of hydrogen-bond acceptors (Lipinski definition) is 5. The molecule has 22 heavy (non-hydrogen) atoms. The normalized spacial score (nSPS) is 20.2. The van der Waals surface area contributed by atoms with E-state index in [-0.39, 0.29) is 12.2 Å². The van der Waals surface area contributed by atoms with Crippen molar-refractivity contribution < 1.29 is 19.2 Å². The Morgan fingerprint density at radius 1 is 1.36 bits per heavy atom. The van der Waals surface area contributed by atoms with Gasteiger partial charge in [0.25, 0.3) is 0 Å². The number of carboxylic acid groups (broad SMARTS) is 1. The van der Waals surface area contributed by atoms with E-state index < -0.39 is 24.3 Å². The third kappa shape index (κ3) is 3.06. The average Bonchev–Trinajstić information content (AvgIpc) is 2.64. The minimum absolute atomic E-state index is 0.0232. The van der Waals surface area contributed by atoms with Gasteiger partial charge < -0.3 is 20.1 Å². The van der Waals surface area contributed by atoms with Crippen molar-refractivity contribution in [1.29, 1.82) is 0 Å². The molecule has 0 atom stereocenters. The smallest absolute Gasteiger partial charge is 0.476 e. The molecule has 2 heterocycles. The van der Waals surface area contributed by atoms with Gasteiger partial charge in [-0.3, -0.25) is 0 Å². The summed E-state index contributed by atoms with van der Waals surface area (Å²) in [6.07, 6.45) is 3.12. The average molecular weight is 304 g/mol. The number of pyridine rings is 1. The van der Waals surface area contributed by atoms with Crippen LogP contribution < -0.4 is 5.73 Å². The number of aromatic nitrogens is 1. The second-order valence-corrected chi connectivity index (χ2v) is 6.26. The first-order valence-electron chi connectivity index (χ1n) is 7.12. The van der Waals surface area contributed by atoms with E-state index >= 15 is 0 Å². The molecule has 0 saturated carbocycles. The van der Waals surface area contributed by atoms with Gasteiger partial charge >= 0.3 is 13.1 Å². The van der Waals surface area contributed by atoms with E-state index in [1.807, 2.05) is 27.7 Å². The molecule has 0 aromatic carbocycles. The fourth-order valence-electron chi connectivity index (χ4n) is 2.13. The molecule has 7 heteroatoms. The van der Waals surface area contributed by atoms with Crippen molar-refractivity contribution in [2.75, 3.05) is 6.54 Å². The van der Waals surface area contributed by atoms with Crippen LogP contribution in [0.1, 0.15) is 43.7 Å². The molecule has 3 N–H and O–H groups in total. The fraction of sp³-hybridized carbons (Fsp3) is 0.467. The largest absolute Gasteiger partial charge is 0.491 e. The summed E-state index contributed by atoms with van der Waals surface area (Å²) in [4.78, 5) is 15.1. The molecule has 1 aliphatic heterocycles. The minimum Gasteiger partial charge on any atom is -0.476 e. The first kappa shape index (κ1) is 16.7. The van der Waals surface area contributed by atoms with E-state index in [0.717, 1.165) is 0 Å². The van der Waals surface area contributed by atoms with E-state index in [0.29, 0.717) is 11.0 Å². The van der Waals surface area contributed by atoms with Gasteiger partial charge in [0.05, 0.1) is 11.2 Å². The van der Waals surface area contributed by atoms with Crippen molar-refractivity contribution >= 4 is 19.2 Å². The number of hydrogen-bond donors (Lipinski definition) is 2. The number of rotatable bonds is 4. The maximum atomic E-state index is 11.2. The molecule has 1 aromatic heterocycles. The molecule has 0 unspecified atom stereocenters. The lowest BCUT2D eigenvalue weighted by molar-refractivity contribution is 0.00578. The molecule has 0 aliphatic carbocycles. The van der Waals surface area contributed by atoms with Gasteiger partial charge in [0.15, 0.2) is 5.69 Å². The molecule has 6 nitrogen and oxygen atoms in total. The summed E-state index contributed by atoms with van der Waals surface area (Å²) < 4.78 is 11.9. The monoisotopic (exact) mass is 304 g/mol. The van der Waals surface area contributed by atoms with Crippen molar-refractivity contribution in [2.24, 2.45) is 5.73 Å². The van der Waals surface area contributed by atoms with Gasteiger partial charge in [0.1, 0.15) is 0 Å². The molecule has 1 aromatic rings. The topological polar surface area (TPSA) is 94.7 Å². The highest BCUT2D eigenvalue weighted by Gasteiger charge is 2.52. The van der Waals surface area contributed by atoms with Crippen LogP contribution in [-0.2, 0) is 9.31 Å². The molecule has 0 amide bonds. The Morgan fingerprint density at radius 3 is 2.45 bits per heavy atom. The molecular weight excluding hydrogens is 283 g/mol. The van der Waals surface area contributed by atoms with Gasteiger partial charge in [-0.1, -0.05) is 12.1 Å². The first-order chi connectivity index (χ1) is 10.2. The van der Waals surface area contributed by atoms with Gasteiger partial charge in [-0.25, -0.2) is 9.78 Å². The summed E-state index contributed by atoms with van der Waals surface area (Å²) in [5, 5.41) is 9.20. The summed E-state index contributed by atoms with van der Waals surface area (Å²) in [7, 11) is -0.600. The zero-order valence-electron chi connectivity index (χ0n) is 13.3. The van der Waals surface area contributed by atoms with Gasteiger partial charge in [-0.15, -0.1) is 0 Å². The number of aromatic carboxylic acids is 1. The first-order valence-corrected chi connectivity index (χ1v) is 7.12. The highest BCUT2D eigenvalue weighted by atomic mass is 16.7. The Labute approximate surface area is 130 Å². The van der Waals surface area contributed by atoms with Crippen LogP contribution in [0.4, 0.5) is 0 Å². The third-order valence-electron chi connectivity index (χ3n) is 4.17. The quantitative estimate of drug-likeness (QED) is 0.823. The Balaban J connectivity index is 2.36. The Hall–Kier alpha value is -1.70. The van der Waals surface area contributed by atoms with Crippen LogP contribution in [0.5, 0.6) is 0 Å². The molecular formula is C15H21BN2O4. The zero-order valence-corrected chi connectivity index (χ0v) is 13.3. The van der Waals surface area contributed by atoms with Crippen molar-refractivity contribution in [2.45, 2.75) is 38.9 Å². The molecule has 0 radical (unpaired) electrons. The van der Waals surface area contributed by atoms with Gasteiger partial charge in [0.2, 0.25) is 0 Å². The number of nitrogens with zero attached hydrogens (tertiary/aromatic N) is 1. The third-order valence-corrected chi connectivity index (χ3v) is 4.17. The second-order valence-electron chi connectivity index (χ2n) is 6.26. The van der Waals surface area contributed by atoms with Crippen LogP contribution in [0, 0.1) is 0 Å². The summed E-state index contributed by atoms with van der Waals surface area (Å²) in [6.45, 7) is 8.01. The summed E-state index contributed by atoms with van der Waals surface area (Å²) in [5.74, 6) is -1.09. The molecule has 1 saturated heterocycles. The Morgan fingerprint density at radius 2 is 1.95 bits per heavy atom. The zero-order chi connectivity index (χ0) is 16.5. The van der Waals surface area contributed by atoms with Gasteiger partial charge in [-0.2, -0.15) is 0 Å². The SMILES string of the molecule is CC1(C)OB(C(=Cc2cccnc2C(=O)O)CN)OC1(C)C. The van der Waals surface area contributed by atoms with Gasteiger partial charge in [-0.05, 0) is 39.2 Å². The lowest BCUT2D eigenvalue weighted by Crippen LogP contribution is -2.41. The maximum absolute atomic E-state index is 11.2. The Kier molecular flexibility index (Phi) is 4.42. The standard InChI is InChI=1S/C15H21BN2O4/c1-14(2)15(3,4)22-16(21-14)11(9-17)8-10-6-5-7-18-12(10)13(19)20/h5-8H,9,17H2,1-4H3,(H,19,20). The van der Waals surface area contributed by atoms with Crippen molar-refractivity contribution in [1.82, 2.24) is 4.98 Å². The highest BCUT2D eigenvalue weighted by Crippen LogP contribution is 2.38. The van der Waals surface area contributed by atoms with Crippen molar-refractivity contribution in [3.63, 3.8) is 0 Å². The summed E-state index contributed by atoms with van der Waals surface area (Å²) >= 11 is 0. The van der Waals surface area contributed by atoms with E-state index in [2.05, 4.69) is 4.98 Å². The fourth-order valence-corrected chi connectivity index (χ4v) is 2.13. The number of carbonyl (C=O) groups is 1. The van der Waals surface area contributed by atoms with Crippen LogP contribution in [0.3, 0.4) is 0 Å². The van der Waals surface area contributed by atoms with Crippen LogP contribution in [0.15, 0.2) is 23.8 Å². The van der Waals surface area contributed by atoms with Crippen molar-refractivity contribution in [3.05, 3.63) is 35.1 Å². The van der Waals surface area contributed by atoms with Crippen LogP contribution in [0.2, 0.25) is 0 Å². The molecule has 1 aliphatic rings. The van der Waals surface area contributed by atoms with Crippen molar-refractivity contribution in [3.8, 4) is 0 Å². The molecule has 118 valence electrons. The Bertz CT molecular complexity index is 597. The lowest BCUT2D eigenvalue weighted by Gasteiger charge is -2.32. The predicted octanol–water partition coefficient (Wildman–Crippen LogP) is 1.75.